The molecule has 0 spiro atoms. The lowest BCUT2D eigenvalue weighted by Gasteiger charge is -2.35. The van der Waals surface area contributed by atoms with Crippen LogP contribution in [0.3, 0.4) is 0 Å². The Labute approximate surface area is 102 Å². The van der Waals surface area contributed by atoms with Crippen molar-refractivity contribution in [3.63, 3.8) is 0 Å². The molecule has 1 aromatic carbocycles. The van der Waals surface area contributed by atoms with Gasteiger partial charge in [0.05, 0.1) is 14.2 Å². The van der Waals surface area contributed by atoms with Gasteiger partial charge in [0.25, 0.3) is 0 Å². The van der Waals surface area contributed by atoms with Crippen molar-refractivity contribution in [3.8, 4) is 11.5 Å². The van der Waals surface area contributed by atoms with Gasteiger partial charge in [-0.05, 0) is 24.6 Å². The van der Waals surface area contributed by atoms with Gasteiger partial charge in [0.15, 0.2) is 0 Å². The molecule has 1 saturated carbocycles. The van der Waals surface area contributed by atoms with Crippen molar-refractivity contribution >= 4 is 5.78 Å². The molecule has 2 rings (SSSR count). The quantitative estimate of drug-likeness (QED) is 0.803. The van der Waals surface area contributed by atoms with E-state index >= 15 is 0 Å². The van der Waals surface area contributed by atoms with Crippen molar-refractivity contribution in [2.24, 2.45) is 5.92 Å². The van der Waals surface area contributed by atoms with Gasteiger partial charge in [-0.1, -0.05) is 6.92 Å². The molecule has 92 valence electrons. The van der Waals surface area contributed by atoms with E-state index in [0.29, 0.717) is 12.2 Å². The number of ether oxygens (including phenoxy) is 2. The van der Waals surface area contributed by atoms with Gasteiger partial charge in [-0.25, -0.2) is 0 Å². The molecule has 1 aliphatic carbocycles. The molecule has 0 bridgehead atoms. The van der Waals surface area contributed by atoms with Crippen LogP contribution >= 0.6 is 0 Å². The zero-order chi connectivity index (χ0) is 12.4. The normalized spacial score (nSPS) is 23.1. The number of hydrogen-bond acceptors (Lipinski definition) is 3. The fraction of sp³-hybridized carbons (Fsp3) is 0.500. The molecule has 3 heteroatoms. The van der Waals surface area contributed by atoms with Crippen molar-refractivity contribution in [2.45, 2.75) is 25.7 Å². The Kier molecular flexibility index (Phi) is 3.36. The summed E-state index contributed by atoms with van der Waals surface area (Å²) in [5.74, 6) is 2.47. The van der Waals surface area contributed by atoms with Gasteiger partial charge < -0.3 is 9.47 Å². The lowest BCUT2D eigenvalue weighted by atomic mass is 9.67. The zero-order valence-electron chi connectivity index (χ0n) is 10.5. The molecule has 3 nitrogen and oxygen atoms in total. The number of hydrogen-bond donors (Lipinski definition) is 0. The molecule has 0 N–H and O–H groups in total. The van der Waals surface area contributed by atoms with Crippen molar-refractivity contribution < 1.29 is 14.3 Å². The minimum absolute atomic E-state index is 0.149. The van der Waals surface area contributed by atoms with E-state index in [2.05, 4.69) is 6.92 Å². The van der Waals surface area contributed by atoms with E-state index in [1.807, 2.05) is 18.2 Å². The minimum atomic E-state index is 0.149. The molecule has 0 aliphatic heterocycles. The Morgan fingerprint density at radius 2 is 2.06 bits per heavy atom. The van der Waals surface area contributed by atoms with Gasteiger partial charge in [0.1, 0.15) is 17.3 Å². The van der Waals surface area contributed by atoms with Crippen LogP contribution in [0.15, 0.2) is 18.2 Å². The molecule has 2 unspecified atom stereocenters. The number of benzene rings is 1. The van der Waals surface area contributed by atoms with Gasteiger partial charge >= 0.3 is 0 Å². The standard InChI is InChI=1S/C14H18O3/c1-4-10-11(8-13(10)15)12-7-9(16-2)5-6-14(12)17-3/h5-7,10-11H,4,8H2,1-3H3. The van der Waals surface area contributed by atoms with Gasteiger partial charge in [-0.15, -0.1) is 0 Å². The van der Waals surface area contributed by atoms with E-state index in [1.165, 1.54) is 0 Å². The average Bonchev–Trinajstić information content (AvgIpc) is 2.35. The van der Waals surface area contributed by atoms with E-state index < -0.39 is 0 Å². The first-order valence-electron chi connectivity index (χ1n) is 5.95. The van der Waals surface area contributed by atoms with Crippen LogP contribution in [-0.2, 0) is 4.79 Å². The molecule has 1 fully saturated rings. The maximum absolute atomic E-state index is 11.5. The second-order valence-electron chi connectivity index (χ2n) is 4.40. The zero-order valence-corrected chi connectivity index (χ0v) is 10.5. The number of methoxy groups -OCH3 is 2. The number of ketones is 1. The van der Waals surface area contributed by atoms with Gasteiger partial charge in [0.2, 0.25) is 0 Å². The van der Waals surface area contributed by atoms with Crippen LogP contribution in [0.2, 0.25) is 0 Å². The summed E-state index contributed by atoms with van der Waals surface area (Å²) in [4.78, 5) is 11.5. The molecule has 0 saturated heterocycles. The third-order valence-corrected chi connectivity index (χ3v) is 3.60. The van der Waals surface area contributed by atoms with E-state index in [-0.39, 0.29) is 11.8 Å². The Hall–Kier alpha value is -1.51. The molecule has 0 radical (unpaired) electrons. The Balaban J connectivity index is 2.33. The smallest absolute Gasteiger partial charge is 0.137 e. The fourth-order valence-electron chi connectivity index (χ4n) is 2.54. The van der Waals surface area contributed by atoms with Crippen molar-refractivity contribution in [1.82, 2.24) is 0 Å². The van der Waals surface area contributed by atoms with E-state index in [1.54, 1.807) is 14.2 Å². The monoisotopic (exact) mass is 234 g/mol. The van der Waals surface area contributed by atoms with Gasteiger partial charge in [0, 0.05) is 23.8 Å². The molecule has 2 atom stereocenters. The highest BCUT2D eigenvalue weighted by Gasteiger charge is 2.40. The largest absolute Gasteiger partial charge is 0.497 e. The van der Waals surface area contributed by atoms with Crippen molar-refractivity contribution in [2.75, 3.05) is 14.2 Å². The summed E-state index contributed by atoms with van der Waals surface area (Å²) in [5.41, 5.74) is 1.10. The average molecular weight is 234 g/mol. The maximum atomic E-state index is 11.5. The SMILES string of the molecule is CCC1C(=O)CC1c1cc(OC)ccc1OC. The number of carbonyl (C=O) groups excluding carboxylic acids is 1. The van der Waals surface area contributed by atoms with Crippen LogP contribution in [0.1, 0.15) is 31.2 Å². The Morgan fingerprint density at radius 3 is 2.59 bits per heavy atom. The highest BCUT2D eigenvalue weighted by atomic mass is 16.5. The van der Waals surface area contributed by atoms with E-state index in [4.69, 9.17) is 9.47 Å². The highest BCUT2D eigenvalue weighted by molar-refractivity contribution is 5.89. The van der Waals surface area contributed by atoms with Crippen LogP contribution in [0, 0.1) is 5.92 Å². The molecular weight excluding hydrogens is 216 g/mol. The lowest BCUT2D eigenvalue weighted by Crippen LogP contribution is -2.34. The number of Topliss-reactive ketones (excluding diaryl/α,β-unsaturated/α-hetero) is 1. The second-order valence-corrected chi connectivity index (χ2v) is 4.40. The van der Waals surface area contributed by atoms with Gasteiger partial charge in [-0.2, -0.15) is 0 Å². The molecule has 1 aromatic rings. The summed E-state index contributed by atoms with van der Waals surface area (Å²) in [5, 5.41) is 0. The van der Waals surface area contributed by atoms with E-state index in [9.17, 15) is 4.79 Å². The molecular formula is C14H18O3. The van der Waals surface area contributed by atoms with Crippen molar-refractivity contribution in [1.29, 1.82) is 0 Å². The van der Waals surface area contributed by atoms with E-state index in [0.717, 1.165) is 23.5 Å². The van der Waals surface area contributed by atoms with Gasteiger partial charge in [-0.3, -0.25) is 4.79 Å². The molecule has 17 heavy (non-hydrogen) atoms. The minimum Gasteiger partial charge on any atom is -0.497 e. The molecule has 1 aliphatic rings. The summed E-state index contributed by atoms with van der Waals surface area (Å²) in [6.45, 7) is 2.06. The van der Waals surface area contributed by atoms with Crippen molar-refractivity contribution in [3.05, 3.63) is 23.8 Å². The van der Waals surface area contributed by atoms with Crippen LogP contribution < -0.4 is 9.47 Å². The summed E-state index contributed by atoms with van der Waals surface area (Å²) in [7, 11) is 3.31. The number of carbonyl (C=O) groups is 1. The first kappa shape index (κ1) is 12.0. The third-order valence-electron chi connectivity index (χ3n) is 3.60. The fourth-order valence-corrected chi connectivity index (χ4v) is 2.54. The predicted molar refractivity (Wildman–Crippen MR) is 65.7 cm³/mol. The third kappa shape index (κ3) is 2.02. The second kappa shape index (κ2) is 4.78. The van der Waals surface area contributed by atoms with Crippen LogP contribution in [0.5, 0.6) is 11.5 Å². The Bertz CT molecular complexity index is 425. The lowest BCUT2D eigenvalue weighted by molar-refractivity contribution is -0.131. The number of rotatable bonds is 4. The summed E-state index contributed by atoms with van der Waals surface area (Å²) >= 11 is 0. The topological polar surface area (TPSA) is 35.5 Å². The van der Waals surface area contributed by atoms with Crippen LogP contribution in [0.4, 0.5) is 0 Å². The summed E-state index contributed by atoms with van der Waals surface area (Å²) in [6.07, 6.45) is 1.52. The maximum Gasteiger partial charge on any atom is 0.137 e. The van der Waals surface area contributed by atoms with Crippen LogP contribution in [-0.4, -0.2) is 20.0 Å². The molecule has 0 aromatic heterocycles. The molecule has 0 amide bonds. The highest BCUT2D eigenvalue weighted by Crippen LogP contribution is 2.45. The predicted octanol–water partition coefficient (Wildman–Crippen LogP) is 2.79. The first-order chi connectivity index (χ1) is 8.21. The Morgan fingerprint density at radius 1 is 1.29 bits per heavy atom. The summed E-state index contributed by atoms with van der Waals surface area (Å²) < 4.78 is 10.6. The molecule has 0 heterocycles. The first-order valence-corrected chi connectivity index (χ1v) is 5.95. The summed E-state index contributed by atoms with van der Waals surface area (Å²) in [6, 6.07) is 5.77. The van der Waals surface area contributed by atoms with Crippen LogP contribution in [0.25, 0.3) is 0 Å².